The topological polar surface area (TPSA) is 95.5 Å². The Balaban J connectivity index is 1.78. The van der Waals surface area contributed by atoms with Crippen molar-refractivity contribution in [3.63, 3.8) is 0 Å². The molecule has 1 aliphatic heterocycles. The van der Waals surface area contributed by atoms with Crippen molar-refractivity contribution in [3.8, 4) is 0 Å². The fourth-order valence-corrected chi connectivity index (χ4v) is 4.69. The van der Waals surface area contributed by atoms with Gasteiger partial charge in [-0.2, -0.15) is 15.6 Å². The first kappa shape index (κ1) is 16.1. The Bertz CT molecular complexity index is 961. The largest absolute Gasteiger partial charge is 0.383 e. The molecule has 0 aliphatic carbocycles. The summed E-state index contributed by atoms with van der Waals surface area (Å²) in [6.07, 6.45) is 0. The molecule has 4 N–H and O–H groups in total. The van der Waals surface area contributed by atoms with Crippen molar-refractivity contribution >= 4 is 33.3 Å². The third-order valence-corrected chi connectivity index (χ3v) is 6.34. The third kappa shape index (κ3) is 2.90. The number of aromatic nitrogens is 2. The number of nitrogens with two attached hydrogens (primary N) is 1. The molecule has 0 bridgehead atoms. The predicted molar refractivity (Wildman–Crippen MR) is 102 cm³/mol. The van der Waals surface area contributed by atoms with Crippen molar-refractivity contribution in [2.75, 3.05) is 22.9 Å². The third-order valence-electron chi connectivity index (χ3n) is 4.48. The fraction of sp³-hybridized carbons (Fsp3) is 0.222. The molecule has 4 rings (SSSR count). The molecule has 0 radical (unpaired) electrons. The zero-order valence-corrected chi connectivity index (χ0v) is 14.7. The molecule has 0 saturated heterocycles. The van der Waals surface area contributed by atoms with Gasteiger partial charge in [-0.25, -0.2) is 4.98 Å². The molecular weight excluding hydrogens is 336 g/mol. The number of rotatable bonds is 1. The minimum atomic E-state index is -2.81. The predicted octanol–water partition coefficient (Wildman–Crippen LogP) is 3.65. The van der Waals surface area contributed by atoms with Crippen molar-refractivity contribution in [1.29, 1.82) is 0 Å². The van der Waals surface area contributed by atoms with Crippen LogP contribution in [0.3, 0.4) is 0 Å². The zero-order valence-electron chi connectivity index (χ0n) is 13.9. The van der Waals surface area contributed by atoms with Gasteiger partial charge in [-0.15, -0.1) is 0 Å². The van der Waals surface area contributed by atoms with E-state index in [1.807, 2.05) is 48.2 Å². The van der Waals surface area contributed by atoms with Crippen LogP contribution in [0.1, 0.15) is 11.1 Å². The summed E-state index contributed by atoms with van der Waals surface area (Å²) in [5.41, 5.74) is 8.92. The van der Waals surface area contributed by atoms with Crippen LogP contribution >= 0.6 is 10.6 Å². The van der Waals surface area contributed by atoms with Gasteiger partial charge in [0, 0.05) is 18.5 Å². The van der Waals surface area contributed by atoms with Crippen molar-refractivity contribution < 1.29 is 9.11 Å². The van der Waals surface area contributed by atoms with Crippen LogP contribution < -0.4 is 10.6 Å². The van der Waals surface area contributed by atoms with Gasteiger partial charge in [0.25, 0.3) is 0 Å². The van der Waals surface area contributed by atoms with Crippen LogP contribution in [0.5, 0.6) is 0 Å². The summed E-state index contributed by atoms with van der Waals surface area (Å²) in [5, 5.41) is 0.836. The maximum Gasteiger partial charge on any atom is 0.228 e. The Kier molecular flexibility index (Phi) is 3.79. The van der Waals surface area contributed by atoms with Gasteiger partial charge in [0.2, 0.25) is 5.95 Å². The van der Waals surface area contributed by atoms with Gasteiger partial charge in [0.15, 0.2) is 0 Å². The Morgan fingerprint density at radius 1 is 1.12 bits per heavy atom. The molecule has 0 spiro atoms. The van der Waals surface area contributed by atoms with Gasteiger partial charge in [-0.05, 0) is 30.7 Å². The van der Waals surface area contributed by atoms with E-state index in [9.17, 15) is 9.11 Å². The smallest absolute Gasteiger partial charge is 0.228 e. The number of nitrogen functional groups attached to an aromatic ring is 1. The minimum Gasteiger partial charge on any atom is -0.383 e. The molecule has 0 atom stereocenters. The average Bonchev–Trinajstić information content (AvgIpc) is 2.72. The van der Waals surface area contributed by atoms with Crippen LogP contribution in [0.25, 0.3) is 10.9 Å². The second-order valence-corrected chi connectivity index (χ2v) is 8.51. The number of hydrogen-bond acceptors (Lipinski definition) is 6. The minimum absolute atomic E-state index is 0.249. The van der Waals surface area contributed by atoms with Crippen molar-refractivity contribution in [3.05, 3.63) is 53.6 Å². The summed E-state index contributed by atoms with van der Waals surface area (Å²) in [5.74, 6) is 1.20. The lowest BCUT2D eigenvalue weighted by Crippen LogP contribution is -2.27. The van der Waals surface area contributed by atoms with Crippen LogP contribution in [0, 0.1) is 6.92 Å². The normalized spacial score (nSPS) is 17.8. The van der Waals surface area contributed by atoms with Gasteiger partial charge in [0.05, 0.1) is 16.2 Å². The Morgan fingerprint density at radius 3 is 2.76 bits per heavy atom. The maximum atomic E-state index is 10.5. The standard InChI is InChI=1S/C18H20N4O2S/c1-12-6-7-15-14(10-12)17(19)21-18(20-15)22-8-9-25(23,24)16-5-3-2-4-13(16)11-22/h2-7,10,23-24H,8-9,11H2,1H3,(H2,19,20,21). The zero-order chi connectivity index (χ0) is 17.6. The molecular formula is C18H20N4O2S. The van der Waals surface area contributed by atoms with E-state index in [-0.39, 0.29) is 5.75 Å². The van der Waals surface area contributed by atoms with Crippen LogP contribution in [0.4, 0.5) is 11.8 Å². The van der Waals surface area contributed by atoms with Gasteiger partial charge >= 0.3 is 0 Å². The van der Waals surface area contributed by atoms with E-state index in [1.54, 1.807) is 6.07 Å². The molecule has 2 heterocycles. The number of nitrogens with zero attached hydrogens (tertiary/aromatic N) is 3. The summed E-state index contributed by atoms with van der Waals surface area (Å²) in [4.78, 5) is 11.7. The highest BCUT2D eigenvalue weighted by molar-refractivity contribution is 8.24. The molecule has 1 aromatic heterocycles. The van der Waals surface area contributed by atoms with Crippen molar-refractivity contribution in [2.45, 2.75) is 18.4 Å². The average molecular weight is 356 g/mol. The van der Waals surface area contributed by atoms with Gasteiger partial charge in [-0.3, -0.25) is 9.11 Å². The van der Waals surface area contributed by atoms with Gasteiger partial charge in [0.1, 0.15) is 5.82 Å². The van der Waals surface area contributed by atoms with Crippen LogP contribution in [0.15, 0.2) is 47.4 Å². The number of anilines is 2. The van der Waals surface area contributed by atoms with Gasteiger partial charge in [-0.1, -0.05) is 29.8 Å². The lowest BCUT2D eigenvalue weighted by Gasteiger charge is -2.32. The van der Waals surface area contributed by atoms with Crippen LogP contribution in [-0.4, -0.2) is 31.4 Å². The molecule has 7 heteroatoms. The SMILES string of the molecule is Cc1ccc2nc(N3CCS(O)(O)c4ccccc4C3)nc(N)c2c1. The van der Waals surface area contributed by atoms with E-state index in [4.69, 9.17) is 5.73 Å². The van der Waals surface area contributed by atoms with Crippen LogP contribution in [-0.2, 0) is 6.54 Å². The number of fused-ring (bicyclic) bond motifs is 2. The molecule has 2 aromatic carbocycles. The van der Waals surface area contributed by atoms with E-state index in [0.717, 1.165) is 22.0 Å². The number of aryl methyl sites for hydroxylation is 1. The van der Waals surface area contributed by atoms with E-state index in [1.165, 1.54) is 0 Å². The first-order chi connectivity index (χ1) is 11.9. The molecule has 0 unspecified atom stereocenters. The lowest BCUT2D eigenvalue weighted by molar-refractivity contribution is 0.488. The Morgan fingerprint density at radius 2 is 1.92 bits per heavy atom. The Hall–Kier alpha value is -2.35. The molecule has 130 valence electrons. The fourth-order valence-electron chi connectivity index (χ4n) is 3.15. The highest BCUT2D eigenvalue weighted by atomic mass is 32.3. The second-order valence-electron chi connectivity index (χ2n) is 6.33. The molecule has 0 amide bonds. The summed E-state index contributed by atoms with van der Waals surface area (Å²) in [6, 6.07) is 13.3. The summed E-state index contributed by atoms with van der Waals surface area (Å²) in [6.45, 7) is 2.97. The first-order valence-electron chi connectivity index (χ1n) is 8.07. The van der Waals surface area contributed by atoms with E-state index in [2.05, 4.69) is 9.97 Å². The summed E-state index contributed by atoms with van der Waals surface area (Å²) in [7, 11) is -2.81. The monoisotopic (exact) mass is 356 g/mol. The summed E-state index contributed by atoms with van der Waals surface area (Å²) < 4.78 is 20.9. The lowest BCUT2D eigenvalue weighted by atomic mass is 10.1. The van der Waals surface area contributed by atoms with Gasteiger partial charge < -0.3 is 10.6 Å². The van der Waals surface area contributed by atoms with E-state index in [0.29, 0.717) is 29.8 Å². The first-order valence-corrected chi connectivity index (χ1v) is 9.78. The molecule has 6 nitrogen and oxygen atoms in total. The molecule has 3 aromatic rings. The molecule has 0 fully saturated rings. The van der Waals surface area contributed by atoms with Crippen molar-refractivity contribution in [2.24, 2.45) is 0 Å². The quantitative estimate of drug-likeness (QED) is 0.616. The van der Waals surface area contributed by atoms with Crippen molar-refractivity contribution in [1.82, 2.24) is 9.97 Å². The number of benzene rings is 2. The molecule has 0 saturated carbocycles. The van der Waals surface area contributed by atoms with E-state index < -0.39 is 10.6 Å². The number of hydrogen-bond donors (Lipinski definition) is 3. The Labute approximate surface area is 147 Å². The van der Waals surface area contributed by atoms with E-state index >= 15 is 0 Å². The molecule has 1 aliphatic rings. The highest BCUT2D eigenvalue weighted by Gasteiger charge is 2.27. The second kappa shape index (κ2) is 5.87. The maximum absolute atomic E-state index is 10.5. The summed E-state index contributed by atoms with van der Waals surface area (Å²) >= 11 is 0. The van der Waals surface area contributed by atoms with Crippen LogP contribution in [0.2, 0.25) is 0 Å². The molecule has 25 heavy (non-hydrogen) atoms. The highest BCUT2D eigenvalue weighted by Crippen LogP contribution is 2.51.